The molecule has 1 rings (SSSR count). The molecule has 5 heteroatoms. The maximum absolute atomic E-state index is 11.7. The minimum absolute atomic E-state index is 0.0137. The predicted molar refractivity (Wildman–Crippen MR) is 74.3 cm³/mol. The van der Waals surface area contributed by atoms with E-state index in [1.807, 2.05) is 13.8 Å². The third-order valence-electron chi connectivity index (χ3n) is 2.52. The summed E-state index contributed by atoms with van der Waals surface area (Å²) in [6.45, 7) is 5.21. The van der Waals surface area contributed by atoms with Crippen molar-refractivity contribution in [2.24, 2.45) is 0 Å². The Morgan fingerprint density at radius 2 is 1.84 bits per heavy atom. The Balaban J connectivity index is 2.82. The Hall–Kier alpha value is -2.04. The SMILES string of the molecule is COc1ccc(N(CC(=O)NC(C)C)C(C)=O)cc1. The molecule has 0 aliphatic rings. The third kappa shape index (κ3) is 4.62. The molecule has 0 aliphatic carbocycles. The lowest BCUT2D eigenvalue weighted by Gasteiger charge is -2.21. The summed E-state index contributed by atoms with van der Waals surface area (Å²) in [5.74, 6) is 0.351. The third-order valence-corrected chi connectivity index (χ3v) is 2.52. The molecule has 0 radical (unpaired) electrons. The Morgan fingerprint density at radius 3 is 2.26 bits per heavy atom. The zero-order chi connectivity index (χ0) is 14.4. The van der Waals surface area contributed by atoms with Gasteiger partial charge in [-0.2, -0.15) is 0 Å². The second-order valence-corrected chi connectivity index (χ2v) is 4.53. The number of hydrogen-bond acceptors (Lipinski definition) is 3. The van der Waals surface area contributed by atoms with Crippen molar-refractivity contribution in [3.05, 3.63) is 24.3 Å². The van der Waals surface area contributed by atoms with Crippen molar-refractivity contribution in [1.29, 1.82) is 0 Å². The Morgan fingerprint density at radius 1 is 1.26 bits per heavy atom. The van der Waals surface area contributed by atoms with Crippen LogP contribution in [0.1, 0.15) is 20.8 Å². The Kier molecular flexibility index (Phi) is 5.36. The highest BCUT2D eigenvalue weighted by Crippen LogP contribution is 2.19. The van der Waals surface area contributed by atoms with Gasteiger partial charge in [-0.1, -0.05) is 0 Å². The number of nitrogens with zero attached hydrogens (tertiary/aromatic N) is 1. The second-order valence-electron chi connectivity index (χ2n) is 4.53. The van der Waals surface area contributed by atoms with Crippen molar-refractivity contribution in [1.82, 2.24) is 5.32 Å². The van der Waals surface area contributed by atoms with Gasteiger partial charge in [0.25, 0.3) is 0 Å². The van der Waals surface area contributed by atoms with Gasteiger partial charge in [-0.3, -0.25) is 9.59 Å². The van der Waals surface area contributed by atoms with Crippen LogP contribution in [0.2, 0.25) is 0 Å². The molecule has 0 aromatic heterocycles. The maximum atomic E-state index is 11.7. The molecule has 1 aromatic carbocycles. The van der Waals surface area contributed by atoms with Crippen LogP contribution < -0.4 is 15.0 Å². The van der Waals surface area contributed by atoms with E-state index >= 15 is 0 Å². The molecular formula is C14H20N2O3. The van der Waals surface area contributed by atoms with Crippen LogP contribution in [0.15, 0.2) is 24.3 Å². The molecule has 0 atom stereocenters. The quantitative estimate of drug-likeness (QED) is 0.878. The van der Waals surface area contributed by atoms with Gasteiger partial charge in [0.05, 0.1) is 7.11 Å². The average molecular weight is 264 g/mol. The molecule has 104 valence electrons. The number of nitrogens with one attached hydrogen (secondary N) is 1. The van der Waals surface area contributed by atoms with E-state index < -0.39 is 0 Å². The van der Waals surface area contributed by atoms with E-state index in [4.69, 9.17) is 4.74 Å². The van der Waals surface area contributed by atoms with Gasteiger partial charge in [0.15, 0.2) is 0 Å². The van der Waals surface area contributed by atoms with Crippen molar-refractivity contribution >= 4 is 17.5 Å². The first-order valence-electron chi connectivity index (χ1n) is 6.15. The second kappa shape index (κ2) is 6.78. The first-order valence-corrected chi connectivity index (χ1v) is 6.15. The highest BCUT2D eigenvalue weighted by molar-refractivity contribution is 5.97. The van der Waals surface area contributed by atoms with Crippen LogP contribution in [0.5, 0.6) is 5.75 Å². The van der Waals surface area contributed by atoms with Crippen molar-refractivity contribution in [3.63, 3.8) is 0 Å². The fourth-order valence-corrected chi connectivity index (χ4v) is 1.66. The Labute approximate surface area is 113 Å². The lowest BCUT2D eigenvalue weighted by atomic mass is 10.2. The van der Waals surface area contributed by atoms with Crippen molar-refractivity contribution in [3.8, 4) is 5.75 Å². The first-order chi connectivity index (χ1) is 8.93. The summed E-state index contributed by atoms with van der Waals surface area (Å²) < 4.78 is 5.06. The van der Waals surface area contributed by atoms with Crippen molar-refractivity contribution in [2.45, 2.75) is 26.8 Å². The lowest BCUT2D eigenvalue weighted by Crippen LogP contribution is -2.42. The number of ether oxygens (including phenoxy) is 1. The number of carbonyl (C=O) groups is 2. The van der Waals surface area contributed by atoms with E-state index in [0.29, 0.717) is 11.4 Å². The number of anilines is 1. The summed E-state index contributed by atoms with van der Waals surface area (Å²) in [4.78, 5) is 24.8. The molecule has 1 N–H and O–H groups in total. The highest BCUT2D eigenvalue weighted by Gasteiger charge is 2.16. The molecule has 0 heterocycles. The van der Waals surface area contributed by atoms with Gasteiger partial charge < -0.3 is 15.0 Å². The van der Waals surface area contributed by atoms with Gasteiger partial charge in [0.2, 0.25) is 11.8 Å². The molecule has 0 aliphatic heterocycles. The zero-order valence-electron chi connectivity index (χ0n) is 11.8. The number of rotatable bonds is 5. The van der Waals surface area contributed by atoms with Crippen LogP contribution in [-0.2, 0) is 9.59 Å². The van der Waals surface area contributed by atoms with E-state index in [2.05, 4.69) is 5.32 Å². The first kappa shape index (κ1) is 15.0. The number of methoxy groups -OCH3 is 1. The topological polar surface area (TPSA) is 58.6 Å². The minimum Gasteiger partial charge on any atom is -0.497 e. The number of benzene rings is 1. The van der Waals surface area contributed by atoms with Gasteiger partial charge in [0, 0.05) is 18.7 Å². The van der Waals surface area contributed by atoms with Crippen molar-refractivity contribution < 1.29 is 14.3 Å². The maximum Gasteiger partial charge on any atom is 0.240 e. The van der Waals surface area contributed by atoms with Crippen LogP contribution >= 0.6 is 0 Å². The Bertz CT molecular complexity index is 441. The molecule has 5 nitrogen and oxygen atoms in total. The fourth-order valence-electron chi connectivity index (χ4n) is 1.66. The summed E-state index contributed by atoms with van der Waals surface area (Å²) >= 11 is 0. The van der Waals surface area contributed by atoms with Gasteiger partial charge in [-0.25, -0.2) is 0 Å². The van der Waals surface area contributed by atoms with Crippen molar-refractivity contribution in [2.75, 3.05) is 18.6 Å². The molecular weight excluding hydrogens is 244 g/mol. The van der Waals surface area contributed by atoms with Gasteiger partial charge in [0.1, 0.15) is 12.3 Å². The smallest absolute Gasteiger partial charge is 0.240 e. The molecule has 0 saturated heterocycles. The fraction of sp³-hybridized carbons (Fsp3) is 0.429. The number of hydrogen-bond donors (Lipinski definition) is 1. The van der Waals surface area contributed by atoms with Crippen LogP contribution in [-0.4, -0.2) is 31.5 Å². The van der Waals surface area contributed by atoms with E-state index in [1.165, 1.54) is 11.8 Å². The molecule has 0 spiro atoms. The summed E-state index contributed by atoms with van der Waals surface area (Å²) in [6, 6.07) is 7.07. The molecule has 1 aromatic rings. The summed E-state index contributed by atoms with van der Waals surface area (Å²) in [6.07, 6.45) is 0. The molecule has 0 bridgehead atoms. The highest BCUT2D eigenvalue weighted by atomic mass is 16.5. The van der Waals surface area contributed by atoms with E-state index in [9.17, 15) is 9.59 Å². The zero-order valence-corrected chi connectivity index (χ0v) is 11.8. The number of carbonyl (C=O) groups excluding carboxylic acids is 2. The van der Waals surface area contributed by atoms with E-state index in [0.717, 1.165) is 0 Å². The van der Waals surface area contributed by atoms with Crippen LogP contribution in [0.25, 0.3) is 0 Å². The summed E-state index contributed by atoms with van der Waals surface area (Å²) in [5.41, 5.74) is 0.673. The van der Waals surface area contributed by atoms with Gasteiger partial charge in [-0.05, 0) is 38.1 Å². The average Bonchev–Trinajstić information content (AvgIpc) is 2.35. The van der Waals surface area contributed by atoms with Crippen LogP contribution in [0.3, 0.4) is 0 Å². The van der Waals surface area contributed by atoms with Crippen LogP contribution in [0, 0.1) is 0 Å². The van der Waals surface area contributed by atoms with Gasteiger partial charge >= 0.3 is 0 Å². The minimum atomic E-state index is -0.180. The lowest BCUT2D eigenvalue weighted by molar-refractivity contribution is -0.123. The molecule has 2 amide bonds. The van der Waals surface area contributed by atoms with E-state index in [1.54, 1.807) is 31.4 Å². The molecule has 0 fully saturated rings. The van der Waals surface area contributed by atoms with E-state index in [-0.39, 0.29) is 24.4 Å². The normalized spacial score (nSPS) is 10.2. The predicted octanol–water partition coefficient (Wildman–Crippen LogP) is 1.57. The largest absolute Gasteiger partial charge is 0.497 e. The number of amides is 2. The van der Waals surface area contributed by atoms with Crippen LogP contribution in [0.4, 0.5) is 5.69 Å². The molecule has 0 saturated carbocycles. The summed E-state index contributed by atoms with van der Waals surface area (Å²) in [5, 5.41) is 2.76. The standard InChI is InChI=1S/C14H20N2O3/c1-10(2)15-14(18)9-16(11(3)17)12-5-7-13(19-4)8-6-12/h5-8,10H,9H2,1-4H3,(H,15,18). The molecule has 0 unspecified atom stereocenters. The molecule has 19 heavy (non-hydrogen) atoms. The van der Waals surface area contributed by atoms with Gasteiger partial charge in [-0.15, -0.1) is 0 Å². The monoisotopic (exact) mass is 264 g/mol. The summed E-state index contributed by atoms with van der Waals surface area (Å²) in [7, 11) is 1.58.